The van der Waals surface area contributed by atoms with Crippen LogP contribution in [0.4, 0.5) is 5.69 Å². The Morgan fingerprint density at radius 1 is 0.364 bits per heavy atom. The Balaban J connectivity index is 0.000000159. The van der Waals surface area contributed by atoms with Crippen molar-refractivity contribution >= 4 is 135 Å². The van der Waals surface area contributed by atoms with E-state index in [-0.39, 0.29) is 31.3 Å². The Morgan fingerprint density at radius 3 is 1.13 bits per heavy atom. The molecule has 1 N–H and O–H groups in total. The van der Waals surface area contributed by atoms with Crippen LogP contribution in [-0.2, 0) is 19.5 Å². The predicted octanol–water partition coefficient (Wildman–Crippen LogP) is 28.2. The SMILES string of the molecule is C#Cc1cc(C#C)cc(-c2c3nc(c(-c4c(C)cc(C)cc4C)c4ccc([n-]4)c(-c4c(C)cc(C)cc4C)c4nc(c(-c5c(C)cc(C)cc5C)c5ccc2[n-]5)C=C4)C=C3)c1.C#Cc1cc(C#C)cc(C=O)c1.Cc1cc(C)c(C=O)c(C)c1.Cc1ccc(Oc2ccc3c4ccc5c6c(ccc(c7cccc2c73)c64)C(=O)N(c2c(C)cc(Br)cc2C)C5=O)cc1.[Zn+2].c1cc[nH]c1. The summed E-state index contributed by atoms with van der Waals surface area (Å²) in [5.74, 6) is 11.5. The smallest absolute Gasteiger partial charge is 0.657 e. The molecule has 11 nitrogen and oxygen atoms in total. The fraction of sp³-hybridized carbons (Fsp3) is 0.126. The molecule has 638 valence electrons. The Labute approximate surface area is 791 Å². The molecule has 0 fully saturated rings. The second kappa shape index (κ2) is 38.1. The maximum Gasteiger partial charge on any atom is 2.00 e. The van der Waals surface area contributed by atoms with E-state index in [2.05, 4.69) is 217 Å². The summed E-state index contributed by atoms with van der Waals surface area (Å²) in [6.45, 7) is 31.4. The third-order valence-electron chi connectivity index (χ3n) is 24.3. The van der Waals surface area contributed by atoms with E-state index in [4.69, 9.17) is 50.4 Å². The van der Waals surface area contributed by atoms with Gasteiger partial charge in [-0.15, -0.1) is 47.8 Å². The van der Waals surface area contributed by atoms with Gasteiger partial charge in [-0.3, -0.25) is 19.2 Å². The van der Waals surface area contributed by atoms with Crippen molar-refractivity contribution < 1.29 is 43.4 Å². The van der Waals surface area contributed by atoms with Crippen molar-refractivity contribution in [3.05, 3.63) is 380 Å². The Hall–Kier alpha value is -15.3. The van der Waals surface area contributed by atoms with Crippen LogP contribution in [0.3, 0.4) is 0 Å². The van der Waals surface area contributed by atoms with Gasteiger partial charge in [0.1, 0.15) is 17.8 Å². The van der Waals surface area contributed by atoms with Gasteiger partial charge in [-0.05, 0) is 352 Å². The normalized spacial score (nSPS) is 11.6. The number of carbonyl (C=O) groups is 4. The quantitative estimate of drug-likeness (QED) is 0.0372. The molecule has 13 heteroatoms. The molecule has 0 aliphatic carbocycles. The molecule has 20 rings (SSSR count). The first-order chi connectivity index (χ1) is 63.1. The van der Waals surface area contributed by atoms with Gasteiger partial charge in [0.25, 0.3) is 11.8 Å². The second-order valence-electron chi connectivity index (χ2n) is 34.0. The summed E-state index contributed by atoms with van der Waals surface area (Å²) in [6, 6.07) is 70.7. The van der Waals surface area contributed by atoms with Crippen molar-refractivity contribution in [2.75, 3.05) is 4.90 Å². The number of hydrogen-bond donors (Lipinski definition) is 1. The number of H-pyrrole nitrogens is 1. The number of benzene rings is 13. The van der Waals surface area contributed by atoms with Gasteiger partial charge in [-0.1, -0.05) is 183 Å². The summed E-state index contributed by atoms with van der Waals surface area (Å²) in [6.07, 6.45) is 36.2. The van der Waals surface area contributed by atoms with Crippen LogP contribution in [0.5, 0.6) is 11.5 Å². The third kappa shape index (κ3) is 17.8. The van der Waals surface area contributed by atoms with Crippen LogP contribution in [0.25, 0.3) is 134 Å². The summed E-state index contributed by atoms with van der Waals surface area (Å²) in [5.41, 5.74) is 37.1. The number of fused-ring (bicyclic) bond motifs is 10. The molecule has 3 aliphatic heterocycles. The number of aromatic nitrogens is 5. The van der Waals surface area contributed by atoms with E-state index in [0.29, 0.717) is 44.6 Å². The van der Waals surface area contributed by atoms with E-state index >= 15 is 0 Å². The second-order valence-corrected chi connectivity index (χ2v) is 34.9. The fourth-order valence-electron chi connectivity index (χ4n) is 19.1. The fourth-order valence-corrected chi connectivity index (χ4v) is 19.8. The van der Waals surface area contributed by atoms with Gasteiger partial charge in [0.05, 0.1) is 28.5 Å². The molecule has 0 saturated carbocycles. The van der Waals surface area contributed by atoms with E-state index in [0.717, 1.165) is 211 Å². The molecule has 0 saturated heterocycles. The number of imide groups is 1. The number of aromatic amines is 1. The van der Waals surface area contributed by atoms with Crippen molar-refractivity contribution in [3.63, 3.8) is 0 Å². The van der Waals surface area contributed by atoms with Gasteiger partial charge in [-0.2, -0.15) is 0 Å². The van der Waals surface area contributed by atoms with Gasteiger partial charge in [0.2, 0.25) is 0 Å². The van der Waals surface area contributed by atoms with E-state index in [1.165, 1.54) is 43.8 Å². The number of anilines is 1. The van der Waals surface area contributed by atoms with Crippen molar-refractivity contribution in [3.8, 4) is 105 Å². The zero-order valence-electron chi connectivity index (χ0n) is 76.5. The predicted molar refractivity (Wildman–Crippen MR) is 545 cm³/mol. The summed E-state index contributed by atoms with van der Waals surface area (Å²) in [7, 11) is 0. The Kier molecular flexibility index (Phi) is 26.4. The van der Waals surface area contributed by atoms with Crippen molar-refractivity contribution in [2.45, 2.75) is 104 Å². The minimum absolute atomic E-state index is 0. The average molecular weight is 1830 g/mol. The van der Waals surface area contributed by atoms with Crippen molar-refractivity contribution in [2.24, 2.45) is 0 Å². The maximum absolute atomic E-state index is 14.1. The first kappa shape index (κ1) is 91.4. The number of aryl methyl sites for hydroxylation is 15. The number of terminal acetylenes is 4. The van der Waals surface area contributed by atoms with E-state index in [9.17, 15) is 19.2 Å². The molecular formula is C119H93BrN6O5Zn. The van der Waals surface area contributed by atoms with Gasteiger partial charge in [0, 0.05) is 77.5 Å². The first-order valence-corrected chi connectivity index (χ1v) is 44.0. The number of nitrogens with zero attached hydrogens (tertiary/aromatic N) is 5. The first-order valence-electron chi connectivity index (χ1n) is 43.2. The Morgan fingerprint density at radius 2 is 0.735 bits per heavy atom. The summed E-state index contributed by atoms with van der Waals surface area (Å²) in [5, 5.41) is 7.96. The number of ether oxygens (including phenoxy) is 1. The number of hydrogen-bond acceptors (Lipinski definition) is 7. The topological polar surface area (TPSA) is 151 Å². The van der Waals surface area contributed by atoms with Crippen LogP contribution < -0.4 is 19.6 Å². The summed E-state index contributed by atoms with van der Waals surface area (Å²) >= 11 is 3.53. The summed E-state index contributed by atoms with van der Waals surface area (Å²) < 4.78 is 7.28. The van der Waals surface area contributed by atoms with Crippen LogP contribution >= 0.6 is 15.9 Å². The molecule has 4 aromatic heterocycles. The molecule has 13 aromatic carbocycles. The van der Waals surface area contributed by atoms with Gasteiger partial charge in [0.15, 0.2) is 6.29 Å². The monoisotopic (exact) mass is 1830 g/mol. The van der Waals surface area contributed by atoms with Gasteiger partial charge < -0.3 is 19.7 Å². The number of rotatable bonds is 9. The average Bonchev–Trinajstić information content (AvgIpc) is 0.929. The molecule has 0 spiro atoms. The zero-order valence-corrected chi connectivity index (χ0v) is 81.1. The molecule has 2 amide bonds. The van der Waals surface area contributed by atoms with Crippen LogP contribution in [-0.4, -0.2) is 39.3 Å². The van der Waals surface area contributed by atoms with E-state index < -0.39 is 0 Å². The number of nitrogens with one attached hydrogen (secondary N) is 1. The molecular weight excluding hydrogens is 1740 g/mol. The largest absolute Gasteiger partial charge is 2.00 e. The van der Waals surface area contributed by atoms with E-state index in [1.54, 1.807) is 18.2 Å². The third-order valence-corrected chi connectivity index (χ3v) is 24.7. The Bertz CT molecular complexity index is 7760. The molecule has 7 heterocycles. The van der Waals surface area contributed by atoms with Crippen LogP contribution in [0.15, 0.2) is 229 Å². The molecule has 0 radical (unpaired) electrons. The molecule has 3 aliphatic rings. The van der Waals surface area contributed by atoms with Crippen LogP contribution in [0, 0.1) is 153 Å². The van der Waals surface area contributed by atoms with Gasteiger partial charge in [-0.25, -0.2) is 14.9 Å². The molecule has 132 heavy (non-hydrogen) atoms. The van der Waals surface area contributed by atoms with Crippen LogP contribution in [0.2, 0.25) is 0 Å². The molecule has 0 atom stereocenters. The minimum Gasteiger partial charge on any atom is -0.657 e. The maximum atomic E-state index is 14.1. The number of carbonyl (C=O) groups excluding carboxylic acids is 4. The number of aldehydes is 2. The molecule has 17 aromatic rings. The molecule has 0 unspecified atom stereocenters. The van der Waals surface area contributed by atoms with E-state index in [1.807, 2.05) is 162 Å². The van der Waals surface area contributed by atoms with Crippen LogP contribution in [0.1, 0.15) is 170 Å². The summed E-state index contributed by atoms with van der Waals surface area (Å²) in [4.78, 5) is 75.5. The minimum atomic E-state index is -0.296. The number of amides is 2. The zero-order chi connectivity index (χ0) is 92.7. The van der Waals surface area contributed by atoms with Gasteiger partial charge >= 0.3 is 19.5 Å². The standard InChI is InChI=1S/C57H46N4.C37H24BrNO3.C11H6O.C10H12O.C4H5N.Zn/c1-12-40-28-41(13-2)30-42(29-40)54-43-14-16-45(58-43)55(51-34(6)22-31(3)23-35(51)7)47-18-20-49(60-47)57(53-38(10)26-33(5)27-39(53)11)50-21-19-48(61-50)56(46-17-15-44(54)59-46)52-36(8)24-32(4)25-37(52)9;1-19-7-9-23(10-8-19)42-31-16-15-25-27-12-14-30-34-29(13-11-26(33(27)34)24-5-4-6-28(31)32(24)25)36(40)39(37(30)41)35-20(2)17-22(38)18-21(35)3;1-3-9-5-10(4-2)7-11(6-9)8-12;1-7-4-8(2)10(6-11)9(3)5-7;1-2-4-5-3-1;/h1-2,14-30H,3-11H3;4-18H,1-3H3;1-2,5-8H;4-6H,1-3H3;1-5H;/q-2;;;;;+2. The van der Waals surface area contributed by atoms with Crippen molar-refractivity contribution in [1.29, 1.82) is 0 Å². The molecule has 8 bridgehead atoms. The number of halogens is 1. The van der Waals surface area contributed by atoms with Crippen molar-refractivity contribution in [1.82, 2.24) is 24.9 Å².